The normalized spacial score (nSPS) is 47.0. The first-order chi connectivity index (χ1) is 13.1. The summed E-state index contributed by atoms with van der Waals surface area (Å²) in [6.07, 6.45) is 5.20. The summed E-state index contributed by atoms with van der Waals surface area (Å²) in [5.74, 6) is 0.319. The standard InChI is InChI=1S/C22H30O6/c1-10(23)27-21(2,3)14-15-17-19(28-22(15,4)5)18(16(14)25-17)26-20(24)13-9-11-6-7-12(13)8-11/h6-7,11-19H,8-9H2,1-5H3. The van der Waals surface area contributed by atoms with Crippen LogP contribution in [-0.4, -0.2) is 47.6 Å². The van der Waals surface area contributed by atoms with Crippen molar-refractivity contribution in [3.05, 3.63) is 12.2 Å². The highest BCUT2D eigenvalue weighted by Crippen LogP contribution is 2.60. The highest BCUT2D eigenvalue weighted by molar-refractivity contribution is 5.74. The van der Waals surface area contributed by atoms with Crippen molar-refractivity contribution >= 4 is 11.9 Å². The lowest BCUT2D eigenvalue weighted by molar-refractivity contribution is -0.173. The summed E-state index contributed by atoms with van der Waals surface area (Å²) in [6.45, 7) is 9.38. The van der Waals surface area contributed by atoms with E-state index >= 15 is 0 Å². The van der Waals surface area contributed by atoms with Gasteiger partial charge < -0.3 is 18.9 Å². The average molecular weight is 390 g/mol. The number of rotatable bonds is 4. The van der Waals surface area contributed by atoms with Gasteiger partial charge in [-0.05, 0) is 52.4 Å². The van der Waals surface area contributed by atoms with E-state index in [0.29, 0.717) is 11.8 Å². The Morgan fingerprint density at radius 2 is 1.86 bits per heavy atom. The fourth-order valence-corrected chi connectivity index (χ4v) is 6.76. The van der Waals surface area contributed by atoms with E-state index in [1.54, 1.807) is 0 Å². The van der Waals surface area contributed by atoms with Crippen molar-refractivity contribution in [2.75, 3.05) is 0 Å². The van der Waals surface area contributed by atoms with Crippen LogP contribution in [-0.2, 0) is 28.5 Å². The van der Waals surface area contributed by atoms with Crippen LogP contribution in [0.1, 0.15) is 47.5 Å². The van der Waals surface area contributed by atoms with Gasteiger partial charge in [0.15, 0.2) is 6.10 Å². The Bertz CT molecular complexity index is 739. The maximum Gasteiger partial charge on any atom is 0.310 e. The molecule has 0 amide bonds. The number of carbonyl (C=O) groups is 2. The zero-order valence-electron chi connectivity index (χ0n) is 17.2. The molecule has 9 unspecified atom stereocenters. The Morgan fingerprint density at radius 3 is 2.46 bits per heavy atom. The highest BCUT2D eigenvalue weighted by Gasteiger charge is 2.73. The molecule has 28 heavy (non-hydrogen) atoms. The fraction of sp³-hybridized carbons (Fsp3) is 0.818. The lowest BCUT2D eigenvalue weighted by atomic mass is 9.66. The molecule has 0 radical (unpaired) electrons. The van der Waals surface area contributed by atoms with Gasteiger partial charge in [0.1, 0.15) is 17.8 Å². The minimum absolute atomic E-state index is 0.0562. The lowest BCUT2D eigenvalue weighted by Gasteiger charge is -2.41. The number of fused-ring (bicyclic) bond motifs is 3. The van der Waals surface area contributed by atoms with Crippen LogP contribution in [0, 0.1) is 29.6 Å². The van der Waals surface area contributed by atoms with Crippen molar-refractivity contribution in [3.8, 4) is 0 Å². The fourth-order valence-electron chi connectivity index (χ4n) is 6.76. The molecule has 0 spiro atoms. The molecule has 154 valence electrons. The van der Waals surface area contributed by atoms with Crippen molar-refractivity contribution in [2.24, 2.45) is 29.6 Å². The van der Waals surface area contributed by atoms with E-state index in [4.69, 9.17) is 18.9 Å². The number of esters is 2. The Hall–Kier alpha value is -1.40. The van der Waals surface area contributed by atoms with Crippen LogP contribution >= 0.6 is 0 Å². The third-order valence-corrected chi connectivity index (χ3v) is 7.67. The molecular weight excluding hydrogens is 360 g/mol. The molecule has 6 heteroatoms. The van der Waals surface area contributed by atoms with Gasteiger partial charge in [0, 0.05) is 18.8 Å². The van der Waals surface area contributed by atoms with Gasteiger partial charge in [0.05, 0.1) is 17.6 Å². The molecular formula is C22H30O6. The summed E-state index contributed by atoms with van der Waals surface area (Å²) in [4.78, 5) is 24.7. The Balaban J connectivity index is 1.40. The minimum Gasteiger partial charge on any atom is -0.459 e. The molecule has 2 aliphatic carbocycles. The van der Waals surface area contributed by atoms with Gasteiger partial charge in [0.2, 0.25) is 0 Å². The third-order valence-electron chi connectivity index (χ3n) is 7.67. The van der Waals surface area contributed by atoms with E-state index in [9.17, 15) is 9.59 Å². The zero-order chi connectivity index (χ0) is 20.0. The first kappa shape index (κ1) is 18.6. The molecule has 3 aliphatic heterocycles. The molecule has 3 saturated heterocycles. The van der Waals surface area contributed by atoms with Crippen LogP contribution < -0.4 is 0 Å². The summed E-state index contributed by atoms with van der Waals surface area (Å²) in [5.41, 5.74) is -1.16. The second kappa shape index (κ2) is 5.82. The first-order valence-electron chi connectivity index (χ1n) is 10.5. The van der Waals surface area contributed by atoms with Crippen LogP contribution in [0.3, 0.4) is 0 Å². The molecule has 0 aromatic rings. The van der Waals surface area contributed by atoms with Crippen LogP contribution in [0.25, 0.3) is 0 Å². The van der Waals surface area contributed by atoms with Crippen LogP contribution in [0.5, 0.6) is 0 Å². The SMILES string of the molecule is CC(=O)OC(C)(C)C1C2OC3C(OC(C)(C)C31)C2OC(=O)C1CC2C=CC1C2. The number of hydrogen-bond acceptors (Lipinski definition) is 6. The van der Waals surface area contributed by atoms with Gasteiger partial charge in [-0.2, -0.15) is 0 Å². The quantitative estimate of drug-likeness (QED) is 0.543. The van der Waals surface area contributed by atoms with Gasteiger partial charge in [0.25, 0.3) is 0 Å². The van der Waals surface area contributed by atoms with Crippen molar-refractivity contribution in [1.29, 1.82) is 0 Å². The predicted octanol–water partition coefficient (Wildman–Crippen LogP) is 2.64. The summed E-state index contributed by atoms with van der Waals surface area (Å²) < 4.78 is 24.4. The monoisotopic (exact) mass is 390 g/mol. The number of hydrogen-bond donors (Lipinski definition) is 0. The zero-order valence-corrected chi connectivity index (χ0v) is 17.2. The molecule has 0 N–H and O–H groups in total. The summed E-state index contributed by atoms with van der Waals surface area (Å²) >= 11 is 0. The highest BCUT2D eigenvalue weighted by atomic mass is 16.7. The van der Waals surface area contributed by atoms with E-state index in [1.165, 1.54) is 6.92 Å². The molecule has 3 heterocycles. The van der Waals surface area contributed by atoms with Crippen molar-refractivity contribution in [1.82, 2.24) is 0 Å². The predicted molar refractivity (Wildman–Crippen MR) is 99.2 cm³/mol. The van der Waals surface area contributed by atoms with E-state index in [2.05, 4.69) is 26.0 Å². The molecule has 9 atom stereocenters. The Morgan fingerprint density at radius 1 is 1.11 bits per heavy atom. The molecule has 1 saturated carbocycles. The van der Waals surface area contributed by atoms with Crippen molar-refractivity contribution < 1.29 is 28.5 Å². The maximum atomic E-state index is 13.0. The summed E-state index contributed by atoms with van der Waals surface area (Å²) in [5, 5.41) is 0. The average Bonchev–Trinajstić information content (AvgIpc) is 3.34. The number of allylic oxidation sites excluding steroid dienone is 2. The van der Waals surface area contributed by atoms with Gasteiger partial charge in [-0.3, -0.25) is 9.59 Å². The third kappa shape index (κ3) is 2.53. The molecule has 4 fully saturated rings. The number of carbonyl (C=O) groups excluding carboxylic acids is 2. The minimum atomic E-state index is -0.730. The van der Waals surface area contributed by atoms with E-state index < -0.39 is 17.3 Å². The van der Waals surface area contributed by atoms with Crippen molar-refractivity contribution in [2.45, 2.75) is 83.1 Å². The van der Waals surface area contributed by atoms with E-state index in [-0.39, 0.29) is 48.0 Å². The van der Waals surface area contributed by atoms with Gasteiger partial charge in [-0.25, -0.2) is 0 Å². The van der Waals surface area contributed by atoms with Gasteiger partial charge in [-0.1, -0.05) is 12.2 Å². The van der Waals surface area contributed by atoms with Gasteiger partial charge >= 0.3 is 11.9 Å². The first-order valence-corrected chi connectivity index (χ1v) is 10.5. The lowest BCUT2D eigenvalue weighted by Crippen LogP contribution is -2.54. The largest absolute Gasteiger partial charge is 0.459 e. The van der Waals surface area contributed by atoms with Crippen LogP contribution in [0.15, 0.2) is 12.2 Å². The molecule has 0 aromatic heterocycles. The Labute approximate surface area is 165 Å². The molecule has 5 rings (SSSR count). The second-order valence-electron chi connectivity index (χ2n) is 10.3. The molecule has 5 aliphatic rings. The van der Waals surface area contributed by atoms with Gasteiger partial charge in [-0.15, -0.1) is 0 Å². The smallest absolute Gasteiger partial charge is 0.310 e. The topological polar surface area (TPSA) is 71.1 Å². The Kier molecular flexibility index (Phi) is 3.87. The van der Waals surface area contributed by atoms with E-state index in [0.717, 1.165) is 12.8 Å². The molecule has 4 bridgehead atoms. The molecule has 6 nitrogen and oxygen atoms in total. The summed E-state index contributed by atoms with van der Waals surface area (Å²) in [6, 6.07) is 0. The number of ether oxygens (including phenoxy) is 4. The molecule has 0 aromatic carbocycles. The summed E-state index contributed by atoms with van der Waals surface area (Å²) in [7, 11) is 0. The van der Waals surface area contributed by atoms with Crippen molar-refractivity contribution in [3.63, 3.8) is 0 Å². The second-order valence-corrected chi connectivity index (χ2v) is 10.3. The van der Waals surface area contributed by atoms with Crippen LogP contribution in [0.4, 0.5) is 0 Å². The van der Waals surface area contributed by atoms with E-state index in [1.807, 2.05) is 13.8 Å². The maximum absolute atomic E-state index is 13.0. The van der Waals surface area contributed by atoms with Crippen LogP contribution in [0.2, 0.25) is 0 Å².